The van der Waals surface area contributed by atoms with Crippen molar-refractivity contribution >= 4 is 27.8 Å². The first-order valence-electron chi connectivity index (χ1n) is 10.4. The van der Waals surface area contributed by atoms with Crippen molar-refractivity contribution in [2.75, 3.05) is 38.1 Å². The van der Waals surface area contributed by atoms with E-state index < -0.39 is 15.9 Å². The number of hydrogen-bond donors (Lipinski definition) is 2. The molecule has 2 N–H and O–H groups in total. The summed E-state index contributed by atoms with van der Waals surface area (Å²) in [6.07, 6.45) is 7.09. The summed E-state index contributed by atoms with van der Waals surface area (Å²) in [5.74, 6) is 0.216. The number of likely N-dealkylation sites (N-methyl/N-ethyl adjacent to an activating group) is 1. The van der Waals surface area contributed by atoms with E-state index in [1.807, 2.05) is 12.1 Å². The summed E-state index contributed by atoms with van der Waals surface area (Å²) in [7, 11) is -1.68. The average Bonchev–Trinajstić information content (AvgIpc) is 3.33. The molecule has 1 aliphatic heterocycles. The molecule has 0 spiro atoms. The molecule has 1 aromatic carbocycles. The van der Waals surface area contributed by atoms with E-state index in [-0.39, 0.29) is 4.90 Å². The quantitative estimate of drug-likeness (QED) is 0.325. The number of pyridine rings is 1. The number of nitrogens with zero attached hydrogens (tertiary/aromatic N) is 4. The van der Waals surface area contributed by atoms with Crippen molar-refractivity contribution in [2.24, 2.45) is 0 Å². The third-order valence-electron chi connectivity index (χ3n) is 5.56. The lowest BCUT2D eigenvalue weighted by atomic mass is 10.1. The van der Waals surface area contributed by atoms with Crippen LogP contribution in [-0.2, 0) is 14.8 Å². The van der Waals surface area contributed by atoms with Crippen LogP contribution in [-0.4, -0.2) is 66.6 Å². The fourth-order valence-corrected chi connectivity index (χ4v) is 4.80. The Hall–Kier alpha value is -3.47. The smallest absolute Gasteiger partial charge is 0.267 e. The number of carbonyl (C=O) groups excluding carboxylic acids is 1. The molecule has 0 radical (unpaired) electrons. The third-order valence-corrected chi connectivity index (χ3v) is 7.21. The summed E-state index contributed by atoms with van der Waals surface area (Å²) in [5.41, 5.74) is 3.86. The first-order chi connectivity index (χ1) is 15.9. The summed E-state index contributed by atoms with van der Waals surface area (Å²) in [6.45, 7) is 3.82. The van der Waals surface area contributed by atoms with Gasteiger partial charge in [0.1, 0.15) is 5.82 Å². The Morgan fingerprint density at radius 3 is 2.48 bits per heavy atom. The zero-order valence-corrected chi connectivity index (χ0v) is 18.9. The van der Waals surface area contributed by atoms with Crippen LogP contribution in [0.4, 0.5) is 5.82 Å². The number of aromatic nitrogens is 2. The van der Waals surface area contributed by atoms with Gasteiger partial charge in [-0.05, 0) is 60.1 Å². The van der Waals surface area contributed by atoms with E-state index >= 15 is 0 Å². The Balaban J connectivity index is 1.53. The third kappa shape index (κ3) is 5.14. The number of anilines is 1. The van der Waals surface area contributed by atoms with E-state index in [9.17, 15) is 13.2 Å². The highest BCUT2D eigenvalue weighted by molar-refractivity contribution is 7.90. The lowest BCUT2D eigenvalue weighted by Crippen LogP contribution is -2.44. The molecule has 0 unspecified atom stereocenters. The average molecular weight is 468 g/mol. The maximum absolute atomic E-state index is 13.0. The standard InChI is InChI=1S/C23H25N5O4S/c1-26-12-14-27(15-13-26)22-16-20(8-10-24-22)19-3-5-21(6-4-19)33(31,32)28-11-9-18(17-28)2-7-23(29)25-30/h2-11,16-17,30H,12-15H2,1H3,(H,25,29). The minimum absolute atomic E-state index is 0.152. The zero-order chi connectivity index (χ0) is 23.4. The lowest BCUT2D eigenvalue weighted by molar-refractivity contribution is -0.124. The number of rotatable bonds is 6. The Morgan fingerprint density at radius 1 is 1.06 bits per heavy atom. The van der Waals surface area contributed by atoms with Crippen LogP contribution in [0.15, 0.2) is 72.0 Å². The van der Waals surface area contributed by atoms with Crippen LogP contribution in [0.1, 0.15) is 5.56 Å². The van der Waals surface area contributed by atoms with E-state index in [2.05, 4.69) is 21.8 Å². The molecule has 9 nitrogen and oxygen atoms in total. The molecular weight excluding hydrogens is 442 g/mol. The molecule has 0 bridgehead atoms. The molecular formula is C23H25N5O4S. The van der Waals surface area contributed by atoms with E-state index in [4.69, 9.17) is 5.21 Å². The maximum atomic E-state index is 13.0. The predicted molar refractivity (Wildman–Crippen MR) is 125 cm³/mol. The van der Waals surface area contributed by atoms with Gasteiger partial charge < -0.3 is 9.80 Å². The normalized spacial score (nSPS) is 15.2. The minimum atomic E-state index is -3.78. The van der Waals surface area contributed by atoms with Gasteiger partial charge in [0.2, 0.25) is 0 Å². The Morgan fingerprint density at radius 2 is 1.79 bits per heavy atom. The highest BCUT2D eigenvalue weighted by Crippen LogP contribution is 2.26. The fraction of sp³-hybridized carbons (Fsp3) is 0.217. The first-order valence-corrected chi connectivity index (χ1v) is 11.9. The van der Waals surface area contributed by atoms with Crippen LogP contribution in [0, 0.1) is 0 Å². The number of piperazine rings is 1. The molecule has 10 heteroatoms. The van der Waals surface area contributed by atoms with Crippen molar-refractivity contribution in [3.05, 3.63) is 72.7 Å². The van der Waals surface area contributed by atoms with Crippen molar-refractivity contribution in [2.45, 2.75) is 4.90 Å². The summed E-state index contributed by atoms with van der Waals surface area (Å²) < 4.78 is 27.0. The van der Waals surface area contributed by atoms with Gasteiger partial charge in [-0.1, -0.05) is 12.1 Å². The highest BCUT2D eigenvalue weighted by atomic mass is 32.2. The summed E-state index contributed by atoms with van der Waals surface area (Å²) >= 11 is 0. The van der Waals surface area contributed by atoms with Crippen molar-refractivity contribution < 1.29 is 18.4 Å². The van der Waals surface area contributed by atoms with Gasteiger partial charge in [0.15, 0.2) is 0 Å². The van der Waals surface area contributed by atoms with Crippen molar-refractivity contribution in [3.8, 4) is 11.1 Å². The maximum Gasteiger partial charge on any atom is 0.267 e. The summed E-state index contributed by atoms with van der Waals surface area (Å²) in [4.78, 5) is 20.3. The molecule has 1 fully saturated rings. The molecule has 3 aromatic rings. The number of amides is 1. The molecule has 3 heterocycles. The molecule has 172 valence electrons. The lowest BCUT2D eigenvalue weighted by Gasteiger charge is -2.33. The molecule has 4 rings (SSSR count). The second-order valence-corrected chi connectivity index (χ2v) is 9.65. The van der Waals surface area contributed by atoms with Crippen LogP contribution in [0.5, 0.6) is 0 Å². The monoisotopic (exact) mass is 467 g/mol. The van der Waals surface area contributed by atoms with Crippen molar-refractivity contribution in [1.82, 2.24) is 19.3 Å². The zero-order valence-electron chi connectivity index (χ0n) is 18.1. The molecule has 0 aliphatic carbocycles. The molecule has 0 atom stereocenters. The van der Waals surface area contributed by atoms with Gasteiger partial charge in [-0.3, -0.25) is 10.0 Å². The van der Waals surface area contributed by atoms with Gasteiger partial charge in [-0.25, -0.2) is 22.9 Å². The SMILES string of the molecule is CN1CCN(c2cc(-c3ccc(S(=O)(=O)n4ccc(C=CC(=O)NO)c4)cc3)ccn2)CC1. The topological polar surface area (TPSA) is 108 Å². The predicted octanol–water partition coefficient (Wildman–Crippen LogP) is 2.06. The van der Waals surface area contributed by atoms with Gasteiger partial charge in [-0.15, -0.1) is 0 Å². The van der Waals surface area contributed by atoms with E-state index in [0.29, 0.717) is 5.56 Å². The molecule has 33 heavy (non-hydrogen) atoms. The summed E-state index contributed by atoms with van der Waals surface area (Å²) in [5, 5.41) is 8.53. The molecule has 1 aliphatic rings. The number of benzene rings is 1. The van der Waals surface area contributed by atoms with Crippen LogP contribution in [0.3, 0.4) is 0 Å². The van der Waals surface area contributed by atoms with Crippen LogP contribution >= 0.6 is 0 Å². The van der Waals surface area contributed by atoms with Crippen molar-refractivity contribution in [3.63, 3.8) is 0 Å². The Kier molecular flexibility index (Phi) is 6.59. The Labute approximate surface area is 192 Å². The fourth-order valence-electron chi connectivity index (χ4n) is 3.60. The van der Waals surface area contributed by atoms with Crippen LogP contribution in [0.25, 0.3) is 17.2 Å². The second kappa shape index (κ2) is 9.57. The van der Waals surface area contributed by atoms with Crippen LogP contribution < -0.4 is 10.4 Å². The second-order valence-electron chi connectivity index (χ2n) is 7.81. The van der Waals surface area contributed by atoms with Gasteiger partial charge >= 0.3 is 0 Å². The van der Waals surface area contributed by atoms with Gasteiger partial charge in [0.05, 0.1) is 4.90 Å². The minimum Gasteiger partial charge on any atom is -0.354 e. The largest absolute Gasteiger partial charge is 0.354 e. The molecule has 1 saturated heterocycles. The van der Waals surface area contributed by atoms with Gasteiger partial charge in [0, 0.05) is 50.8 Å². The molecule has 2 aromatic heterocycles. The van der Waals surface area contributed by atoms with E-state index in [0.717, 1.165) is 53.2 Å². The first kappa shape index (κ1) is 22.7. The number of nitrogens with one attached hydrogen (secondary N) is 1. The highest BCUT2D eigenvalue weighted by Gasteiger charge is 2.18. The number of hydroxylamine groups is 1. The number of hydrogen-bond acceptors (Lipinski definition) is 7. The Bertz CT molecular complexity index is 1260. The molecule has 0 saturated carbocycles. The summed E-state index contributed by atoms with van der Waals surface area (Å²) in [6, 6.07) is 12.2. The number of carbonyl (C=O) groups is 1. The van der Waals surface area contributed by atoms with E-state index in [1.165, 1.54) is 23.9 Å². The van der Waals surface area contributed by atoms with E-state index in [1.54, 1.807) is 36.5 Å². The van der Waals surface area contributed by atoms with Gasteiger partial charge in [0.25, 0.3) is 15.9 Å². The molecule has 1 amide bonds. The van der Waals surface area contributed by atoms with Gasteiger partial charge in [-0.2, -0.15) is 0 Å². The van der Waals surface area contributed by atoms with Crippen LogP contribution in [0.2, 0.25) is 0 Å². The van der Waals surface area contributed by atoms with Crippen molar-refractivity contribution in [1.29, 1.82) is 0 Å².